The number of pyridine rings is 1. The Bertz CT molecular complexity index is 1320. The van der Waals surface area contributed by atoms with E-state index in [4.69, 9.17) is 16.3 Å². The van der Waals surface area contributed by atoms with Crippen LogP contribution in [0.3, 0.4) is 0 Å². The van der Waals surface area contributed by atoms with E-state index in [2.05, 4.69) is 16.8 Å². The van der Waals surface area contributed by atoms with Gasteiger partial charge in [-0.15, -0.1) is 0 Å². The number of ether oxygens (including phenoxy) is 1. The van der Waals surface area contributed by atoms with E-state index in [0.29, 0.717) is 29.4 Å². The summed E-state index contributed by atoms with van der Waals surface area (Å²) >= 11 is 6.25. The first kappa shape index (κ1) is 23.4. The molecular weight excluding hydrogens is 472 g/mol. The second-order valence-electron chi connectivity index (χ2n) is 9.12. The first-order valence-electron chi connectivity index (χ1n) is 11.4. The maximum Gasteiger partial charge on any atom is 0.258 e. The summed E-state index contributed by atoms with van der Waals surface area (Å²) < 4.78 is 9.24. The molecule has 5 heterocycles. The van der Waals surface area contributed by atoms with E-state index < -0.39 is 5.60 Å². The number of carbonyl (C=O) groups excluding carboxylic acids is 2. The van der Waals surface area contributed by atoms with Gasteiger partial charge in [-0.1, -0.05) is 18.2 Å². The van der Waals surface area contributed by atoms with Crippen LogP contribution >= 0.6 is 11.6 Å². The number of piperidine rings is 1. The van der Waals surface area contributed by atoms with Gasteiger partial charge in [0.1, 0.15) is 11.3 Å². The van der Waals surface area contributed by atoms with Crippen LogP contribution in [0.15, 0.2) is 37.3 Å². The molecule has 3 aromatic heterocycles. The number of carbonyl (C=O) groups is 2. The monoisotopic (exact) mass is 498 g/mol. The van der Waals surface area contributed by atoms with Crippen molar-refractivity contribution in [3.8, 4) is 16.9 Å². The molecular formula is C24H27ClN6O4. The zero-order valence-electron chi connectivity index (χ0n) is 19.6. The Morgan fingerprint density at radius 3 is 2.60 bits per heavy atom. The normalized spacial score (nSPS) is 17.9. The van der Waals surface area contributed by atoms with Crippen LogP contribution in [-0.4, -0.2) is 85.0 Å². The molecule has 2 aliphatic heterocycles. The fourth-order valence-electron chi connectivity index (χ4n) is 5.04. The van der Waals surface area contributed by atoms with Crippen molar-refractivity contribution in [2.45, 2.75) is 31.4 Å². The number of fused-ring (bicyclic) bond motifs is 1. The standard InChI is InChI=1S/C24H27ClN6O4/c1-4-21(32)29-13-24(34,14-29)23(33)28-7-5-17(6-8-28)31-15(2)18(10-27-31)16-9-20(35-3)22-19(25)11-26-30(22)12-16/h4,9-12,17,34H,1,5-8,13-14H2,2-3H3. The first-order chi connectivity index (χ1) is 16.8. The third kappa shape index (κ3) is 3.86. The molecule has 10 nitrogen and oxygen atoms in total. The number of rotatable bonds is 5. The number of likely N-dealkylation sites (tertiary alicyclic amines) is 2. The Kier molecular flexibility index (Phi) is 5.80. The summed E-state index contributed by atoms with van der Waals surface area (Å²) in [6.07, 6.45) is 7.95. The number of hydrogen-bond acceptors (Lipinski definition) is 6. The van der Waals surface area contributed by atoms with Crippen molar-refractivity contribution in [3.63, 3.8) is 0 Å². The lowest BCUT2D eigenvalue weighted by Gasteiger charge is -2.47. The average Bonchev–Trinajstić information content (AvgIpc) is 3.43. The number of hydrogen-bond donors (Lipinski definition) is 1. The molecule has 1 N–H and O–H groups in total. The minimum atomic E-state index is -1.51. The molecule has 0 unspecified atom stereocenters. The van der Waals surface area contributed by atoms with Crippen LogP contribution in [-0.2, 0) is 9.59 Å². The molecule has 0 atom stereocenters. The zero-order chi connectivity index (χ0) is 24.9. The van der Waals surface area contributed by atoms with Gasteiger partial charge in [0.15, 0.2) is 5.60 Å². The Morgan fingerprint density at radius 2 is 1.94 bits per heavy atom. The van der Waals surface area contributed by atoms with E-state index in [0.717, 1.165) is 29.7 Å². The topological polar surface area (TPSA) is 105 Å². The van der Waals surface area contributed by atoms with Gasteiger partial charge < -0.3 is 19.6 Å². The lowest BCUT2D eigenvalue weighted by molar-refractivity contribution is -0.175. The van der Waals surface area contributed by atoms with E-state index in [1.165, 1.54) is 11.0 Å². The first-order valence-corrected chi connectivity index (χ1v) is 11.8. The second-order valence-corrected chi connectivity index (χ2v) is 9.53. The van der Waals surface area contributed by atoms with Crippen LogP contribution in [0.5, 0.6) is 5.75 Å². The zero-order valence-corrected chi connectivity index (χ0v) is 20.4. The highest BCUT2D eigenvalue weighted by Crippen LogP contribution is 2.35. The lowest BCUT2D eigenvalue weighted by Crippen LogP contribution is -2.70. The Labute approximate surface area is 207 Å². The SMILES string of the molecule is C=CC(=O)N1CC(O)(C(=O)N2CCC(n3ncc(-c4cc(OC)c5c(Cl)cnn5c4)c3C)CC2)C1. The smallest absolute Gasteiger partial charge is 0.258 e. The number of aromatic nitrogens is 4. The highest BCUT2D eigenvalue weighted by atomic mass is 35.5. The number of aliphatic hydroxyl groups is 1. The summed E-state index contributed by atoms with van der Waals surface area (Å²) in [6.45, 7) is 6.51. The highest BCUT2D eigenvalue weighted by Gasteiger charge is 2.51. The number of halogens is 1. The van der Waals surface area contributed by atoms with E-state index in [1.807, 2.05) is 30.1 Å². The molecule has 2 saturated heterocycles. The van der Waals surface area contributed by atoms with Crippen LogP contribution in [0.4, 0.5) is 0 Å². The highest BCUT2D eigenvalue weighted by molar-refractivity contribution is 6.34. The second kappa shape index (κ2) is 8.69. The summed E-state index contributed by atoms with van der Waals surface area (Å²) in [6, 6.07) is 2.06. The van der Waals surface area contributed by atoms with Gasteiger partial charge >= 0.3 is 0 Å². The predicted molar refractivity (Wildman–Crippen MR) is 129 cm³/mol. The van der Waals surface area contributed by atoms with Crippen molar-refractivity contribution in [3.05, 3.63) is 48.0 Å². The third-order valence-corrected chi connectivity index (χ3v) is 7.27. The molecule has 2 aliphatic rings. The molecule has 3 aromatic rings. The molecule has 2 fully saturated rings. The fourth-order valence-corrected chi connectivity index (χ4v) is 5.26. The molecule has 0 bridgehead atoms. The Balaban J connectivity index is 1.29. The van der Waals surface area contributed by atoms with E-state index >= 15 is 0 Å². The lowest BCUT2D eigenvalue weighted by atomic mass is 9.91. The minimum absolute atomic E-state index is 0.00745. The van der Waals surface area contributed by atoms with Crippen molar-refractivity contribution in [1.29, 1.82) is 0 Å². The van der Waals surface area contributed by atoms with E-state index in [-0.39, 0.29) is 30.9 Å². The van der Waals surface area contributed by atoms with Gasteiger partial charge in [-0.2, -0.15) is 10.2 Å². The van der Waals surface area contributed by atoms with Crippen molar-refractivity contribution in [1.82, 2.24) is 29.2 Å². The maximum atomic E-state index is 12.9. The van der Waals surface area contributed by atoms with Gasteiger partial charge in [0.25, 0.3) is 5.91 Å². The van der Waals surface area contributed by atoms with Crippen LogP contribution in [0.1, 0.15) is 24.6 Å². The quantitative estimate of drug-likeness (QED) is 0.540. The molecule has 11 heteroatoms. The summed E-state index contributed by atoms with van der Waals surface area (Å²) in [5, 5.41) is 20.1. The Hall–Kier alpha value is -3.37. The summed E-state index contributed by atoms with van der Waals surface area (Å²) in [7, 11) is 1.60. The molecule has 184 valence electrons. The van der Waals surface area contributed by atoms with Crippen molar-refractivity contribution < 1.29 is 19.4 Å². The molecule has 0 saturated carbocycles. The predicted octanol–water partition coefficient (Wildman–Crippen LogP) is 2.09. The van der Waals surface area contributed by atoms with Crippen molar-refractivity contribution in [2.75, 3.05) is 33.3 Å². The molecule has 0 spiro atoms. The minimum Gasteiger partial charge on any atom is -0.494 e. The fraction of sp³-hybridized carbons (Fsp3) is 0.417. The number of nitrogens with zero attached hydrogens (tertiary/aromatic N) is 6. The molecule has 0 aromatic carbocycles. The van der Waals surface area contributed by atoms with Gasteiger partial charge in [-0.25, -0.2) is 4.52 Å². The molecule has 35 heavy (non-hydrogen) atoms. The molecule has 5 rings (SSSR count). The molecule has 0 aliphatic carbocycles. The van der Waals surface area contributed by atoms with Gasteiger partial charge in [0.2, 0.25) is 5.91 Å². The van der Waals surface area contributed by atoms with Gasteiger partial charge in [0, 0.05) is 36.1 Å². The van der Waals surface area contributed by atoms with Crippen molar-refractivity contribution in [2.24, 2.45) is 0 Å². The number of methoxy groups -OCH3 is 1. The van der Waals surface area contributed by atoms with Crippen LogP contribution in [0, 0.1) is 6.92 Å². The van der Waals surface area contributed by atoms with Gasteiger partial charge in [-0.3, -0.25) is 14.3 Å². The number of amides is 2. The van der Waals surface area contributed by atoms with E-state index in [9.17, 15) is 14.7 Å². The average molecular weight is 499 g/mol. The Morgan fingerprint density at radius 1 is 1.23 bits per heavy atom. The molecule has 2 amide bonds. The van der Waals surface area contributed by atoms with Crippen LogP contribution in [0.25, 0.3) is 16.6 Å². The van der Waals surface area contributed by atoms with Crippen molar-refractivity contribution >= 4 is 28.9 Å². The molecule has 0 radical (unpaired) electrons. The summed E-state index contributed by atoms with van der Waals surface area (Å²) in [5.41, 5.74) is 2.09. The number of β-amino-alcohol motifs (C(OH)–C–C–N with tert-alkyl or cyclic N) is 1. The third-order valence-electron chi connectivity index (χ3n) is 6.99. The largest absolute Gasteiger partial charge is 0.494 e. The van der Waals surface area contributed by atoms with Gasteiger partial charge in [0.05, 0.1) is 43.7 Å². The van der Waals surface area contributed by atoms with Crippen LogP contribution < -0.4 is 4.74 Å². The van der Waals surface area contributed by atoms with Gasteiger partial charge in [-0.05, 0) is 31.9 Å². The summed E-state index contributed by atoms with van der Waals surface area (Å²) in [5.74, 6) is 0.0324. The maximum absolute atomic E-state index is 12.9. The summed E-state index contributed by atoms with van der Waals surface area (Å²) in [4.78, 5) is 27.6. The van der Waals surface area contributed by atoms with Crippen LogP contribution in [0.2, 0.25) is 5.02 Å². The van der Waals surface area contributed by atoms with E-state index in [1.54, 1.807) is 22.7 Å².